The van der Waals surface area contributed by atoms with E-state index < -0.39 is 5.97 Å². The van der Waals surface area contributed by atoms with Crippen LogP contribution >= 0.6 is 23.2 Å². The Morgan fingerprint density at radius 3 is 2.50 bits per heavy atom. The molecule has 5 heteroatoms. The van der Waals surface area contributed by atoms with Gasteiger partial charge in [0.05, 0.1) is 5.92 Å². The van der Waals surface area contributed by atoms with E-state index in [2.05, 4.69) is 4.90 Å². The molecule has 3 nitrogen and oxygen atoms in total. The highest BCUT2D eigenvalue weighted by Gasteiger charge is 2.56. The second-order valence-corrected chi connectivity index (χ2v) is 5.93. The number of carboxylic acids is 1. The van der Waals surface area contributed by atoms with Gasteiger partial charge >= 0.3 is 5.97 Å². The van der Waals surface area contributed by atoms with Gasteiger partial charge in [-0.25, -0.2) is 0 Å². The molecule has 3 atom stereocenters. The van der Waals surface area contributed by atoms with Gasteiger partial charge in [-0.05, 0) is 36.5 Å². The number of aliphatic carboxylic acids is 1. The van der Waals surface area contributed by atoms with Crippen molar-refractivity contribution in [3.63, 3.8) is 0 Å². The number of anilines is 1. The summed E-state index contributed by atoms with van der Waals surface area (Å²) in [4.78, 5) is 13.2. The van der Waals surface area contributed by atoms with Gasteiger partial charge in [0.1, 0.15) is 0 Å². The Hall–Kier alpha value is -0.930. The third-order valence-corrected chi connectivity index (χ3v) is 4.43. The molecule has 18 heavy (non-hydrogen) atoms. The summed E-state index contributed by atoms with van der Waals surface area (Å²) >= 11 is 12.0. The molecular weight excluding hydrogens is 273 g/mol. The maximum Gasteiger partial charge on any atom is 0.307 e. The zero-order valence-corrected chi connectivity index (χ0v) is 11.2. The predicted octanol–water partition coefficient (Wildman–Crippen LogP) is 3.15. The molecule has 1 aromatic carbocycles. The first-order valence-electron chi connectivity index (χ1n) is 6.00. The molecule has 0 aromatic heterocycles. The fraction of sp³-hybridized carbons (Fsp3) is 0.462. The summed E-state index contributed by atoms with van der Waals surface area (Å²) in [5, 5.41) is 10.3. The largest absolute Gasteiger partial charge is 0.481 e. The summed E-state index contributed by atoms with van der Waals surface area (Å²) in [5.41, 5.74) is 0.988. The van der Waals surface area contributed by atoms with Crippen molar-refractivity contribution >= 4 is 34.9 Å². The molecule has 1 aliphatic carbocycles. The number of hydrogen-bond donors (Lipinski definition) is 1. The molecular formula is C13H13Cl2NO2. The standard InChI is InChI=1S/C13H13Cl2NO2/c14-7-3-8(15)5-9(4-7)16-2-1-10-11(6-16)12(10)13(17)18/h3-5,10-12H,1-2,6H2,(H,17,18). The minimum atomic E-state index is -0.657. The zero-order chi connectivity index (χ0) is 12.9. The van der Waals surface area contributed by atoms with Gasteiger partial charge in [0.15, 0.2) is 0 Å². The predicted molar refractivity (Wildman–Crippen MR) is 71.4 cm³/mol. The molecule has 1 heterocycles. The van der Waals surface area contributed by atoms with Crippen molar-refractivity contribution < 1.29 is 9.90 Å². The van der Waals surface area contributed by atoms with E-state index in [4.69, 9.17) is 28.3 Å². The van der Waals surface area contributed by atoms with Gasteiger partial charge in [-0.3, -0.25) is 4.79 Å². The summed E-state index contributed by atoms with van der Waals surface area (Å²) in [6.45, 7) is 1.67. The summed E-state index contributed by atoms with van der Waals surface area (Å²) in [7, 11) is 0. The topological polar surface area (TPSA) is 40.5 Å². The van der Waals surface area contributed by atoms with Crippen LogP contribution in [0.25, 0.3) is 0 Å². The fourth-order valence-electron chi connectivity index (χ4n) is 3.06. The second-order valence-electron chi connectivity index (χ2n) is 5.05. The van der Waals surface area contributed by atoms with Gasteiger partial charge < -0.3 is 10.0 Å². The summed E-state index contributed by atoms with van der Waals surface area (Å²) in [6, 6.07) is 5.47. The quantitative estimate of drug-likeness (QED) is 0.908. The number of rotatable bonds is 2. The number of halogens is 2. The lowest BCUT2D eigenvalue weighted by molar-refractivity contribution is -0.139. The smallest absolute Gasteiger partial charge is 0.307 e. The lowest BCUT2D eigenvalue weighted by Gasteiger charge is -2.28. The van der Waals surface area contributed by atoms with E-state index in [1.54, 1.807) is 6.07 Å². The molecule has 3 rings (SSSR count). The lowest BCUT2D eigenvalue weighted by Crippen LogP contribution is -2.31. The average Bonchev–Trinajstić information content (AvgIpc) is 3.00. The summed E-state index contributed by atoms with van der Waals surface area (Å²) in [5.74, 6) is -0.150. The van der Waals surface area contributed by atoms with Gasteiger partial charge in [-0.15, -0.1) is 0 Å². The van der Waals surface area contributed by atoms with Crippen molar-refractivity contribution in [2.75, 3.05) is 18.0 Å². The van der Waals surface area contributed by atoms with Crippen molar-refractivity contribution in [3.05, 3.63) is 28.2 Å². The number of benzene rings is 1. The van der Waals surface area contributed by atoms with Crippen LogP contribution in [0.4, 0.5) is 5.69 Å². The highest BCUT2D eigenvalue weighted by atomic mass is 35.5. The Morgan fingerprint density at radius 1 is 1.22 bits per heavy atom. The van der Waals surface area contributed by atoms with Crippen molar-refractivity contribution in [2.45, 2.75) is 6.42 Å². The van der Waals surface area contributed by atoms with E-state index in [1.165, 1.54) is 0 Å². The third-order valence-electron chi connectivity index (χ3n) is 3.99. The Kier molecular flexibility index (Phi) is 2.91. The van der Waals surface area contributed by atoms with Crippen molar-refractivity contribution in [2.24, 2.45) is 17.8 Å². The molecule has 0 amide bonds. The number of carbonyl (C=O) groups is 1. The van der Waals surface area contributed by atoms with Gasteiger partial charge in [0, 0.05) is 28.8 Å². The van der Waals surface area contributed by atoms with Crippen molar-refractivity contribution in [1.29, 1.82) is 0 Å². The van der Waals surface area contributed by atoms with Gasteiger partial charge in [0.2, 0.25) is 0 Å². The zero-order valence-electron chi connectivity index (χ0n) is 9.64. The lowest BCUT2D eigenvalue weighted by atomic mass is 10.1. The van der Waals surface area contributed by atoms with Crippen LogP contribution in [0.5, 0.6) is 0 Å². The maximum absolute atomic E-state index is 11.0. The number of nitrogens with zero attached hydrogens (tertiary/aromatic N) is 1. The second kappa shape index (κ2) is 4.32. The normalized spacial score (nSPS) is 29.9. The number of fused-ring (bicyclic) bond motifs is 1. The van der Waals surface area contributed by atoms with Crippen LogP contribution in [0.1, 0.15) is 6.42 Å². The van der Waals surface area contributed by atoms with Crippen LogP contribution in [0.2, 0.25) is 10.0 Å². The van der Waals surface area contributed by atoms with Crippen LogP contribution in [0, 0.1) is 17.8 Å². The average molecular weight is 286 g/mol. The molecule has 1 saturated heterocycles. The maximum atomic E-state index is 11.0. The van der Waals surface area contributed by atoms with E-state index in [1.807, 2.05) is 12.1 Å². The van der Waals surface area contributed by atoms with Crippen LogP contribution in [0.15, 0.2) is 18.2 Å². The Balaban J connectivity index is 1.77. The molecule has 2 fully saturated rings. The first kappa shape index (κ1) is 12.1. The van der Waals surface area contributed by atoms with Crippen LogP contribution in [-0.2, 0) is 4.79 Å². The van der Waals surface area contributed by atoms with Crippen molar-refractivity contribution in [3.8, 4) is 0 Å². The first-order valence-corrected chi connectivity index (χ1v) is 6.75. The highest BCUT2D eigenvalue weighted by molar-refractivity contribution is 6.35. The minimum absolute atomic E-state index is 0.148. The summed E-state index contributed by atoms with van der Waals surface area (Å²) < 4.78 is 0. The Morgan fingerprint density at radius 2 is 1.89 bits per heavy atom. The van der Waals surface area contributed by atoms with Crippen molar-refractivity contribution in [1.82, 2.24) is 0 Å². The Labute approximate surface area is 115 Å². The molecule has 0 bridgehead atoms. The number of hydrogen-bond acceptors (Lipinski definition) is 2. The van der Waals surface area contributed by atoms with Gasteiger partial charge in [-0.2, -0.15) is 0 Å². The Bertz CT molecular complexity index is 486. The number of carboxylic acid groups (broad SMARTS) is 1. The molecule has 0 radical (unpaired) electrons. The van der Waals surface area contributed by atoms with E-state index in [0.717, 1.165) is 25.2 Å². The van der Waals surface area contributed by atoms with Gasteiger partial charge in [0.25, 0.3) is 0 Å². The molecule has 2 aliphatic rings. The minimum Gasteiger partial charge on any atom is -0.481 e. The van der Waals surface area contributed by atoms with E-state index in [-0.39, 0.29) is 11.8 Å². The molecule has 1 N–H and O–H groups in total. The van der Waals surface area contributed by atoms with Crippen LogP contribution in [0.3, 0.4) is 0 Å². The SMILES string of the molecule is O=C(O)C1C2CCN(c3cc(Cl)cc(Cl)c3)CC21. The molecule has 1 aromatic rings. The number of piperidine rings is 1. The highest BCUT2D eigenvalue weighted by Crippen LogP contribution is 2.52. The van der Waals surface area contributed by atoms with Gasteiger partial charge in [-0.1, -0.05) is 23.2 Å². The summed E-state index contributed by atoms with van der Waals surface area (Å²) in [6.07, 6.45) is 0.936. The monoisotopic (exact) mass is 285 g/mol. The third kappa shape index (κ3) is 2.06. The van der Waals surface area contributed by atoms with Crippen LogP contribution < -0.4 is 4.90 Å². The molecule has 1 saturated carbocycles. The fourth-order valence-corrected chi connectivity index (χ4v) is 3.58. The van der Waals surface area contributed by atoms with Crippen LogP contribution in [-0.4, -0.2) is 24.2 Å². The van der Waals surface area contributed by atoms with E-state index in [9.17, 15) is 4.79 Å². The molecule has 0 spiro atoms. The van der Waals surface area contributed by atoms with E-state index in [0.29, 0.717) is 16.0 Å². The molecule has 3 unspecified atom stereocenters. The van der Waals surface area contributed by atoms with E-state index >= 15 is 0 Å². The first-order chi connectivity index (χ1) is 8.56. The molecule has 1 aliphatic heterocycles. The molecule has 96 valence electrons.